The van der Waals surface area contributed by atoms with Gasteiger partial charge in [0.05, 0.1) is 5.01 Å². The summed E-state index contributed by atoms with van der Waals surface area (Å²) in [5.74, 6) is 0.449. The van der Waals surface area contributed by atoms with Crippen molar-refractivity contribution in [2.45, 2.75) is 51.5 Å². The molecule has 2 N–H and O–H groups in total. The van der Waals surface area contributed by atoms with Crippen LogP contribution in [-0.2, 0) is 6.42 Å². The molecule has 18 heavy (non-hydrogen) atoms. The Morgan fingerprint density at radius 1 is 1.56 bits per heavy atom. The largest absolute Gasteiger partial charge is 0.330 e. The van der Waals surface area contributed by atoms with E-state index in [1.807, 2.05) is 17.5 Å². The zero-order valence-corrected chi connectivity index (χ0v) is 12.4. The van der Waals surface area contributed by atoms with Crippen LogP contribution in [0, 0.1) is 0 Å². The lowest BCUT2D eigenvalue weighted by Gasteiger charge is -2.34. The SMILES string of the molecule is CCN1CCCCC1Cc1ncc(C(C)CN)s1. The minimum atomic E-state index is 0.449. The number of hydrogen-bond acceptors (Lipinski definition) is 4. The van der Waals surface area contributed by atoms with Crippen molar-refractivity contribution in [1.29, 1.82) is 0 Å². The molecule has 2 rings (SSSR count). The van der Waals surface area contributed by atoms with Gasteiger partial charge in [0.25, 0.3) is 0 Å². The Bertz CT molecular complexity index is 364. The lowest BCUT2D eigenvalue weighted by molar-refractivity contribution is 0.155. The molecule has 0 saturated carbocycles. The summed E-state index contributed by atoms with van der Waals surface area (Å²) in [6.07, 6.45) is 7.21. The van der Waals surface area contributed by atoms with Gasteiger partial charge in [-0.25, -0.2) is 4.98 Å². The molecule has 2 heterocycles. The number of hydrogen-bond donors (Lipinski definition) is 1. The van der Waals surface area contributed by atoms with Gasteiger partial charge in [0, 0.05) is 29.5 Å². The van der Waals surface area contributed by atoms with Crippen molar-refractivity contribution in [3.63, 3.8) is 0 Å². The lowest BCUT2D eigenvalue weighted by atomic mass is 10.00. The van der Waals surface area contributed by atoms with Gasteiger partial charge in [0.2, 0.25) is 0 Å². The third kappa shape index (κ3) is 3.31. The van der Waals surface area contributed by atoms with Crippen LogP contribution in [0.3, 0.4) is 0 Å². The molecule has 1 aliphatic rings. The fourth-order valence-electron chi connectivity index (χ4n) is 2.67. The third-order valence-corrected chi connectivity index (χ3v) is 5.23. The molecule has 1 aromatic rings. The average molecular weight is 267 g/mol. The molecule has 0 bridgehead atoms. The molecule has 0 aliphatic carbocycles. The minimum Gasteiger partial charge on any atom is -0.330 e. The van der Waals surface area contributed by atoms with Crippen LogP contribution in [0.5, 0.6) is 0 Å². The Morgan fingerprint density at radius 3 is 3.11 bits per heavy atom. The number of rotatable bonds is 5. The van der Waals surface area contributed by atoms with E-state index in [0.717, 1.165) is 6.42 Å². The lowest BCUT2D eigenvalue weighted by Crippen LogP contribution is -2.40. The highest BCUT2D eigenvalue weighted by Gasteiger charge is 2.22. The first-order chi connectivity index (χ1) is 8.74. The van der Waals surface area contributed by atoms with Crippen LogP contribution in [0.15, 0.2) is 6.20 Å². The van der Waals surface area contributed by atoms with Gasteiger partial charge in [0.15, 0.2) is 0 Å². The molecule has 1 saturated heterocycles. The van der Waals surface area contributed by atoms with Crippen molar-refractivity contribution < 1.29 is 0 Å². The van der Waals surface area contributed by atoms with Crippen molar-refractivity contribution in [2.24, 2.45) is 5.73 Å². The molecule has 2 unspecified atom stereocenters. The summed E-state index contributed by atoms with van der Waals surface area (Å²) < 4.78 is 0. The van der Waals surface area contributed by atoms with Gasteiger partial charge >= 0.3 is 0 Å². The Morgan fingerprint density at radius 2 is 2.39 bits per heavy atom. The predicted molar refractivity (Wildman–Crippen MR) is 78.2 cm³/mol. The molecule has 4 heteroatoms. The van der Waals surface area contributed by atoms with E-state index in [-0.39, 0.29) is 0 Å². The smallest absolute Gasteiger partial charge is 0.0943 e. The quantitative estimate of drug-likeness (QED) is 0.891. The van der Waals surface area contributed by atoms with Crippen LogP contribution in [0.2, 0.25) is 0 Å². The Hall–Kier alpha value is -0.450. The first-order valence-electron chi connectivity index (χ1n) is 7.13. The summed E-state index contributed by atoms with van der Waals surface area (Å²) in [4.78, 5) is 8.53. The van der Waals surface area contributed by atoms with Gasteiger partial charge in [-0.1, -0.05) is 20.3 Å². The molecule has 1 fully saturated rings. The highest BCUT2D eigenvalue weighted by atomic mass is 32.1. The zero-order valence-electron chi connectivity index (χ0n) is 11.6. The van der Waals surface area contributed by atoms with E-state index in [1.54, 1.807) is 0 Å². The Labute approximate surface area is 114 Å². The molecule has 2 atom stereocenters. The first-order valence-corrected chi connectivity index (χ1v) is 7.95. The Balaban J connectivity index is 1.97. The molecule has 0 amide bonds. The summed E-state index contributed by atoms with van der Waals surface area (Å²) in [5.41, 5.74) is 5.71. The van der Waals surface area contributed by atoms with Gasteiger partial charge in [-0.3, -0.25) is 0 Å². The molecular formula is C14H25N3S. The van der Waals surface area contributed by atoms with Crippen LogP contribution in [0.4, 0.5) is 0 Å². The fourth-order valence-corrected chi connectivity index (χ4v) is 3.73. The van der Waals surface area contributed by atoms with Gasteiger partial charge < -0.3 is 10.6 Å². The molecule has 0 radical (unpaired) electrons. The van der Waals surface area contributed by atoms with E-state index >= 15 is 0 Å². The van der Waals surface area contributed by atoms with Crippen molar-refractivity contribution in [3.8, 4) is 0 Å². The highest BCUT2D eigenvalue weighted by molar-refractivity contribution is 7.11. The maximum atomic E-state index is 5.71. The van der Waals surface area contributed by atoms with Gasteiger partial charge in [0.1, 0.15) is 0 Å². The maximum Gasteiger partial charge on any atom is 0.0943 e. The maximum absolute atomic E-state index is 5.71. The van der Waals surface area contributed by atoms with Gasteiger partial charge in [-0.05, 0) is 32.5 Å². The standard InChI is InChI=1S/C14H25N3S/c1-3-17-7-5-4-6-12(17)8-14-16-10-13(18-14)11(2)9-15/h10-12H,3-9,15H2,1-2H3. The molecule has 102 valence electrons. The second-order valence-electron chi connectivity index (χ2n) is 5.28. The summed E-state index contributed by atoms with van der Waals surface area (Å²) >= 11 is 1.85. The van der Waals surface area contributed by atoms with Crippen LogP contribution < -0.4 is 5.73 Å². The number of thiazole rings is 1. The van der Waals surface area contributed by atoms with Crippen LogP contribution in [-0.4, -0.2) is 35.6 Å². The normalized spacial score (nSPS) is 23.2. The molecule has 0 aromatic carbocycles. The minimum absolute atomic E-state index is 0.449. The van der Waals surface area contributed by atoms with E-state index in [9.17, 15) is 0 Å². The number of nitrogens with two attached hydrogens (primary N) is 1. The summed E-state index contributed by atoms with van der Waals surface area (Å²) in [6, 6.07) is 0.705. The number of piperidine rings is 1. The highest BCUT2D eigenvalue weighted by Crippen LogP contribution is 2.26. The zero-order chi connectivity index (χ0) is 13.0. The van der Waals surface area contributed by atoms with Gasteiger partial charge in [-0.2, -0.15) is 0 Å². The van der Waals surface area contributed by atoms with E-state index < -0.39 is 0 Å². The Kier molecular flexibility index (Phi) is 5.15. The van der Waals surface area contributed by atoms with Crippen molar-refractivity contribution in [2.75, 3.05) is 19.6 Å². The van der Waals surface area contributed by atoms with E-state index in [1.165, 1.54) is 42.2 Å². The summed E-state index contributed by atoms with van der Waals surface area (Å²) in [6.45, 7) is 7.59. The molecule has 1 aliphatic heterocycles. The fraction of sp³-hybridized carbons (Fsp3) is 0.786. The van der Waals surface area contributed by atoms with Crippen molar-refractivity contribution >= 4 is 11.3 Å². The van der Waals surface area contributed by atoms with Gasteiger partial charge in [-0.15, -0.1) is 11.3 Å². The van der Waals surface area contributed by atoms with Crippen LogP contribution in [0.25, 0.3) is 0 Å². The number of aromatic nitrogens is 1. The van der Waals surface area contributed by atoms with Crippen LogP contribution in [0.1, 0.15) is 48.9 Å². The van der Waals surface area contributed by atoms with E-state index in [0.29, 0.717) is 18.5 Å². The topological polar surface area (TPSA) is 42.2 Å². The molecule has 0 spiro atoms. The molecule has 3 nitrogen and oxygen atoms in total. The second-order valence-corrected chi connectivity index (χ2v) is 6.42. The van der Waals surface area contributed by atoms with Crippen molar-refractivity contribution in [1.82, 2.24) is 9.88 Å². The average Bonchev–Trinajstić information content (AvgIpc) is 2.87. The number of nitrogens with zero attached hydrogens (tertiary/aromatic N) is 2. The number of likely N-dealkylation sites (N-methyl/N-ethyl adjacent to an activating group) is 1. The number of likely N-dealkylation sites (tertiary alicyclic amines) is 1. The first kappa shape index (κ1) is 14.0. The van der Waals surface area contributed by atoms with Crippen LogP contribution >= 0.6 is 11.3 Å². The predicted octanol–water partition coefficient (Wildman–Crippen LogP) is 2.62. The molecule has 1 aromatic heterocycles. The van der Waals surface area contributed by atoms with E-state index in [2.05, 4.69) is 23.7 Å². The summed E-state index contributed by atoms with van der Waals surface area (Å²) in [5, 5.41) is 1.29. The summed E-state index contributed by atoms with van der Waals surface area (Å²) in [7, 11) is 0. The third-order valence-electron chi connectivity index (χ3n) is 3.98. The molecular weight excluding hydrogens is 242 g/mol. The monoisotopic (exact) mass is 267 g/mol. The van der Waals surface area contributed by atoms with E-state index in [4.69, 9.17) is 5.73 Å². The second kappa shape index (κ2) is 6.64. The van der Waals surface area contributed by atoms with Crippen molar-refractivity contribution in [3.05, 3.63) is 16.1 Å².